The minimum Gasteiger partial charge on any atom is -0.383 e. The molecule has 6 nitrogen and oxygen atoms in total. The number of nitrogens with one attached hydrogen (secondary N) is 2. The maximum atomic E-state index is 12.8. The van der Waals surface area contributed by atoms with Gasteiger partial charge in [0.05, 0.1) is 29.5 Å². The van der Waals surface area contributed by atoms with Gasteiger partial charge in [-0.05, 0) is 12.1 Å². The zero-order valence-corrected chi connectivity index (χ0v) is 12.5. The Labute approximate surface area is 128 Å². The Balaban J connectivity index is 1.87. The lowest BCUT2D eigenvalue weighted by Gasteiger charge is -2.12. The van der Waals surface area contributed by atoms with Crippen LogP contribution in [0.3, 0.4) is 0 Å². The number of carbonyl (C=O) groups excluding carboxylic acids is 3. The predicted octanol–water partition coefficient (Wildman–Crippen LogP) is 0.836. The highest BCUT2D eigenvalue weighted by Crippen LogP contribution is 2.62. The summed E-state index contributed by atoms with van der Waals surface area (Å²) < 4.78 is 4.88. The number of carbonyl (C=O) groups is 3. The summed E-state index contributed by atoms with van der Waals surface area (Å²) in [7, 11) is 1.54. The van der Waals surface area contributed by atoms with Gasteiger partial charge in [-0.15, -0.1) is 0 Å². The fraction of sp³-hybridized carbons (Fsp3) is 0.438. The van der Waals surface area contributed by atoms with Crippen LogP contribution in [0.25, 0.3) is 0 Å². The maximum Gasteiger partial charge on any atom is 0.229 e. The van der Waals surface area contributed by atoms with Crippen LogP contribution in [0.1, 0.15) is 17.3 Å². The van der Waals surface area contributed by atoms with Crippen LogP contribution < -0.4 is 10.6 Å². The lowest BCUT2D eigenvalue weighted by Crippen LogP contribution is -2.32. The number of rotatable bonds is 4. The van der Waals surface area contributed by atoms with Crippen LogP contribution in [-0.2, 0) is 14.3 Å². The van der Waals surface area contributed by atoms with Crippen molar-refractivity contribution in [3.05, 3.63) is 29.8 Å². The topological polar surface area (TPSA) is 84.5 Å². The van der Waals surface area contributed by atoms with E-state index in [1.165, 1.54) is 0 Å². The van der Waals surface area contributed by atoms with Crippen molar-refractivity contribution in [1.82, 2.24) is 5.32 Å². The van der Waals surface area contributed by atoms with E-state index in [2.05, 4.69) is 10.6 Å². The second kappa shape index (κ2) is 5.21. The van der Waals surface area contributed by atoms with Crippen LogP contribution in [0, 0.1) is 17.3 Å². The van der Waals surface area contributed by atoms with Crippen LogP contribution >= 0.6 is 0 Å². The van der Waals surface area contributed by atoms with Crippen molar-refractivity contribution in [2.45, 2.75) is 6.92 Å². The summed E-state index contributed by atoms with van der Waals surface area (Å²) in [5.74, 6) is -1.93. The molecule has 1 fully saturated rings. The molecule has 0 aromatic heterocycles. The summed E-state index contributed by atoms with van der Waals surface area (Å²) in [5.41, 5.74) is 0.0194. The van der Waals surface area contributed by atoms with Gasteiger partial charge in [-0.1, -0.05) is 19.1 Å². The van der Waals surface area contributed by atoms with Crippen molar-refractivity contribution in [1.29, 1.82) is 0 Å². The van der Waals surface area contributed by atoms with E-state index in [0.29, 0.717) is 24.4 Å². The molecule has 0 saturated heterocycles. The molecule has 1 aromatic carbocycles. The van der Waals surface area contributed by atoms with Crippen LogP contribution in [0.5, 0.6) is 0 Å². The lowest BCUT2D eigenvalue weighted by molar-refractivity contribution is -0.125. The zero-order valence-electron chi connectivity index (χ0n) is 12.5. The highest BCUT2D eigenvalue weighted by atomic mass is 16.5. The summed E-state index contributed by atoms with van der Waals surface area (Å²) in [6.07, 6.45) is 0. The Kier molecular flexibility index (Phi) is 3.48. The molecule has 0 radical (unpaired) electrons. The second-order valence-electron chi connectivity index (χ2n) is 5.89. The number of para-hydroxylation sites is 1. The summed E-state index contributed by atoms with van der Waals surface area (Å²) in [6.45, 7) is 2.45. The SMILES string of the molecule is COCCNC(=O)[C@@H]1C2C(=O)Nc3ccccc3C(=O)[C@@]21C. The largest absolute Gasteiger partial charge is 0.383 e. The summed E-state index contributed by atoms with van der Waals surface area (Å²) in [5, 5.41) is 5.47. The molecule has 6 heteroatoms. The van der Waals surface area contributed by atoms with Gasteiger partial charge in [0, 0.05) is 19.2 Å². The summed E-state index contributed by atoms with van der Waals surface area (Å²) in [4.78, 5) is 37.4. The van der Waals surface area contributed by atoms with E-state index < -0.39 is 17.3 Å². The molecule has 2 amide bonds. The van der Waals surface area contributed by atoms with Gasteiger partial charge in [0.15, 0.2) is 5.78 Å². The molecular weight excluding hydrogens is 284 g/mol. The highest BCUT2D eigenvalue weighted by Gasteiger charge is 2.73. The standard InChI is InChI=1S/C16H18N2O4/c1-16-11(14(20)17-7-8-22-2)12(16)15(21)18-10-6-4-3-5-9(10)13(16)19/h3-6,11-12H,7-8H2,1-2H3,(H,17,20)(H,18,21)/t11-,12?,16+/m0/s1. The van der Waals surface area contributed by atoms with E-state index in [4.69, 9.17) is 4.74 Å². The maximum absolute atomic E-state index is 12.8. The number of ketones is 1. The first-order valence-corrected chi connectivity index (χ1v) is 7.23. The predicted molar refractivity (Wildman–Crippen MR) is 79.4 cm³/mol. The minimum atomic E-state index is -0.964. The number of anilines is 1. The lowest BCUT2D eigenvalue weighted by atomic mass is 9.92. The molecule has 0 spiro atoms. The fourth-order valence-corrected chi connectivity index (χ4v) is 3.32. The van der Waals surface area contributed by atoms with Gasteiger partial charge < -0.3 is 15.4 Å². The van der Waals surface area contributed by atoms with Gasteiger partial charge in [0.25, 0.3) is 0 Å². The number of Topliss-reactive ketones (excluding diaryl/α,β-unsaturated/α-hetero) is 1. The molecule has 1 aliphatic carbocycles. The third-order valence-corrected chi connectivity index (χ3v) is 4.61. The molecule has 1 aliphatic heterocycles. The van der Waals surface area contributed by atoms with Crippen molar-refractivity contribution in [2.24, 2.45) is 17.3 Å². The van der Waals surface area contributed by atoms with Gasteiger partial charge in [-0.3, -0.25) is 14.4 Å². The van der Waals surface area contributed by atoms with E-state index >= 15 is 0 Å². The third kappa shape index (κ3) is 2.02. The number of hydrogen-bond donors (Lipinski definition) is 2. The van der Waals surface area contributed by atoms with Crippen LogP contribution in [0.2, 0.25) is 0 Å². The van der Waals surface area contributed by atoms with E-state index in [9.17, 15) is 14.4 Å². The smallest absolute Gasteiger partial charge is 0.229 e. The molecule has 1 unspecified atom stereocenters. The number of amides is 2. The Morgan fingerprint density at radius 3 is 2.82 bits per heavy atom. The van der Waals surface area contributed by atoms with E-state index in [1.807, 2.05) is 0 Å². The number of fused-ring (bicyclic) bond motifs is 2. The first kappa shape index (κ1) is 14.7. The van der Waals surface area contributed by atoms with Gasteiger partial charge in [-0.2, -0.15) is 0 Å². The Hall–Kier alpha value is -2.21. The first-order chi connectivity index (χ1) is 10.5. The van der Waals surface area contributed by atoms with Crippen molar-refractivity contribution in [3.63, 3.8) is 0 Å². The van der Waals surface area contributed by atoms with Crippen LogP contribution in [0.15, 0.2) is 24.3 Å². The van der Waals surface area contributed by atoms with Gasteiger partial charge >= 0.3 is 0 Å². The third-order valence-electron chi connectivity index (χ3n) is 4.61. The molecule has 0 bridgehead atoms. The average Bonchev–Trinajstić information content (AvgIpc) is 3.15. The van der Waals surface area contributed by atoms with Gasteiger partial charge in [0.1, 0.15) is 0 Å². The highest BCUT2D eigenvalue weighted by molar-refractivity contribution is 6.19. The van der Waals surface area contributed by atoms with Crippen LogP contribution in [0.4, 0.5) is 5.69 Å². The summed E-state index contributed by atoms with van der Waals surface area (Å²) >= 11 is 0. The molecule has 3 atom stereocenters. The number of hydrogen-bond acceptors (Lipinski definition) is 4. The molecule has 1 saturated carbocycles. The molecule has 3 rings (SSSR count). The molecule has 22 heavy (non-hydrogen) atoms. The number of methoxy groups -OCH3 is 1. The molecule has 1 heterocycles. The molecule has 2 N–H and O–H groups in total. The first-order valence-electron chi connectivity index (χ1n) is 7.23. The van der Waals surface area contributed by atoms with Gasteiger partial charge in [-0.25, -0.2) is 0 Å². The van der Waals surface area contributed by atoms with E-state index in [1.54, 1.807) is 38.3 Å². The van der Waals surface area contributed by atoms with Crippen LogP contribution in [-0.4, -0.2) is 37.9 Å². The quantitative estimate of drug-likeness (QED) is 0.807. The molecule has 116 valence electrons. The van der Waals surface area contributed by atoms with Crippen molar-refractivity contribution in [3.8, 4) is 0 Å². The number of ether oxygens (including phenoxy) is 1. The van der Waals surface area contributed by atoms with Gasteiger partial charge in [0.2, 0.25) is 11.8 Å². The number of benzene rings is 1. The molecular formula is C16H18N2O4. The van der Waals surface area contributed by atoms with Crippen molar-refractivity contribution < 1.29 is 19.1 Å². The van der Waals surface area contributed by atoms with E-state index in [-0.39, 0.29) is 17.6 Å². The van der Waals surface area contributed by atoms with Crippen molar-refractivity contribution in [2.75, 3.05) is 25.6 Å². The average molecular weight is 302 g/mol. The zero-order chi connectivity index (χ0) is 15.9. The fourth-order valence-electron chi connectivity index (χ4n) is 3.32. The molecule has 1 aromatic rings. The Morgan fingerprint density at radius 1 is 1.36 bits per heavy atom. The Bertz CT molecular complexity index is 657. The normalized spacial score (nSPS) is 29.0. The summed E-state index contributed by atoms with van der Waals surface area (Å²) in [6, 6.07) is 6.90. The van der Waals surface area contributed by atoms with Crippen molar-refractivity contribution >= 4 is 23.3 Å². The second-order valence-corrected chi connectivity index (χ2v) is 5.89. The van der Waals surface area contributed by atoms with E-state index in [0.717, 1.165) is 0 Å². The molecule has 2 aliphatic rings. The minimum absolute atomic E-state index is 0.154. The Morgan fingerprint density at radius 2 is 2.09 bits per heavy atom. The monoisotopic (exact) mass is 302 g/mol.